The lowest BCUT2D eigenvalue weighted by atomic mass is 10.1. The second-order valence-electron chi connectivity index (χ2n) is 8.03. The normalized spacial score (nSPS) is 12.1. The van der Waals surface area contributed by atoms with Crippen molar-refractivity contribution in [1.82, 2.24) is 25.2 Å². The average molecular weight is 523 g/mol. The summed E-state index contributed by atoms with van der Waals surface area (Å²) in [6.07, 6.45) is 3.72. The van der Waals surface area contributed by atoms with Crippen LogP contribution in [0.25, 0.3) is 10.9 Å². The van der Waals surface area contributed by atoms with Crippen LogP contribution < -0.4 is 15.4 Å². The van der Waals surface area contributed by atoms with Crippen molar-refractivity contribution in [3.63, 3.8) is 0 Å². The maximum Gasteiger partial charge on any atom is 0.326 e. The van der Waals surface area contributed by atoms with Crippen LogP contribution in [0.15, 0.2) is 84.0 Å². The second kappa shape index (κ2) is 12.1. The van der Waals surface area contributed by atoms with Crippen molar-refractivity contribution in [1.29, 1.82) is 0 Å². The molecule has 0 radical (unpaired) electrons. The molecule has 2 heterocycles. The molecule has 0 aliphatic rings. The lowest BCUT2D eigenvalue weighted by molar-refractivity contribution is -0.145. The predicted octanol–water partition coefficient (Wildman–Crippen LogP) is 2.08. The number of amides is 1. The fraction of sp³-hybridized carbons (Fsp3) is 0.200. The van der Waals surface area contributed by atoms with Crippen LogP contribution in [-0.2, 0) is 19.6 Å². The first-order valence-electron chi connectivity index (χ1n) is 11.5. The molecule has 0 aliphatic heterocycles. The van der Waals surface area contributed by atoms with E-state index in [4.69, 9.17) is 4.74 Å². The van der Waals surface area contributed by atoms with Gasteiger partial charge in [0.1, 0.15) is 11.9 Å². The van der Waals surface area contributed by atoms with Gasteiger partial charge in [-0.05, 0) is 48.9 Å². The fourth-order valence-electron chi connectivity index (χ4n) is 3.44. The monoisotopic (exact) mass is 522 g/mol. The van der Waals surface area contributed by atoms with E-state index in [-0.39, 0.29) is 18.0 Å². The minimum Gasteiger partial charge on any atom is -0.464 e. The number of aromatic nitrogens is 3. The number of ether oxygens (including phenoxy) is 1. The number of nitrogens with zero attached hydrogens (tertiary/aromatic N) is 2. The molecule has 0 saturated carbocycles. The zero-order valence-electron chi connectivity index (χ0n) is 19.8. The first-order valence-corrected chi connectivity index (χ1v) is 13.0. The Kier molecular flexibility index (Phi) is 8.44. The number of hydrogen-bond acceptors (Lipinski definition) is 8. The van der Waals surface area contributed by atoms with Crippen LogP contribution in [0.1, 0.15) is 16.8 Å². The van der Waals surface area contributed by atoms with E-state index in [0.717, 1.165) is 10.9 Å². The van der Waals surface area contributed by atoms with Crippen LogP contribution in [0.4, 0.5) is 5.82 Å². The van der Waals surface area contributed by atoms with Gasteiger partial charge in [0.2, 0.25) is 10.0 Å². The first-order chi connectivity index (χ1) is 17.9. The number of fused-ring (bicyclic) bond motifs is 1. The maximum absolute atomic E-state index is 12.9. The van der Waals surface area contributed by atoms with Crippen LogP contribution in [0.2, 0.25) is 0 Å². The second-order valence-corrected chi connectivity index (χ2v) is 9.75. The lowest BCUT2D eigenvalue weighted by Crippen LogP contribution is -2.49. The van der Waals surface area contributed by atoms with E-state index in [1.165, 1.54) is 12.1 Å². The topological polar surface area (TPSA) is 155 Å². The Labute approximate surface area is 213 Å². The first kappa shape index (κ1) is 25.8. The molecule has 4 rings (SSSR count). The number of pyridine rings is 1. The molecule has 0 saturated heterocycles. The SMILES string of the molecule is O=C(NCC(NS(=O)(=O)c1ccccc1)C(=O)OCCCNc1ccccn1)c1ccc2[nH]ncc2c1. The molecule has 1 unspecified atom stereocenters. The predicted molar refractivity (Wildman–Crippen MR) is 137 cm³/mol. The Morgan fingerprint density at radius 3 is 2.62 bits per heavy atom. The van der Waals surface area contributed by atoms with Crippen molar-refractivity contribution in [2.24, 2.45) is 0 Å². The van der Waals surface area contributed by atoms with Gasteiger partial charge in [0.25, 0.3) is 5.91 Å². The summed E-state index contributed by atoms with van der Waals surface area (Å²) < 4.78 is 33.4. The Morgan fingerprint density at radius 1 is 1.03 bits per heavy atom. The van der Waals surface area contributed by atoms with Crippen LogP contribution in [0.5, 0.6) is 0 Å². The molecule has 0 fully saturated rings. The van der Waals surface area contributed by atoms with Gasteiger partial charge in [-0.15, -0.1) is 0 Å². The van der Waals surface area contributed by atoms with Crippen LogP contribution in [0.3, 0.4) is 0 Å². The molecule has 1 atom stereocenters. The van der Waals surface area contributed by atoms with Crippen molar-refractivity contribution >= 4 is 38.6 Å². The molecule has 0 aliphatic carbocycles. The number of nitrogens with one attached hydrogen (secondary N) is 4. The zero-order chi connectivity index (χ0) is 26.1. The number of hydrogen-bond donors (Lipinski definition) is 4. The number of H-pyrrole nitrogens is 1. The van der Waals surface area contributed by atoms with Gasteiger partial charge in [0.05, 0.1) is 23.2 Å². The molecule has 0 spiro atoms. The minimum absolute atomic E-state index is 0.0101. The third-order valence-corrected chi connectivity index (χ3v) is 6.83. The summed E-state index contributed by atoms with van der Waals surface area (Å²) in [4.78, 5) is 29.7. The van der Waals surface area contributed by atoms with Crippen molar-refractivity contribution in [2.45, 2.75) is 17.4 Å². The Bertz CT molecular complexity index is 1440. The molecule has 1 amide bonds. The summed E-state index contributed by atoms with van der Waals surface area (Å²) in [5.41, 5.74) is 1.11. The van der Waals surface area contributed by atoms with Gasteiger partial charge in [-0.25, -0.2) is 13.4 Å². The highest BCUT2D eigenvalue weighted by Gasteiger charge is 2.27. The number of benzene rings is 2. The molecular weight excluding hydrogens is 496 g/mol. The molecule has 2 aromatic heterocycles. The smallest absolute Gasteiger partial charge is 0.326 e. The average Bonchev–Trinajstić information content (AvgIpc) is 3.39. The summed E-state index contributed by atoms with van der Waals surface area (Å²) in [7, 11) is -4.04. The summed E-state index contributed by atoms with van der Waals surface area (Å²) >= 11 is 0. The van der Waals surface area contributed by atoms with Crippen LogP contribution in [-0.4, -0.2) is 61.2 Å². The molecule has 37 heavy (non-hydrogen) atoms. The standard InChI is InChI=1S/C25H26N6O5S/c32-24(18-10-11-21-19(15-18)16-29-30-21)28-17-22(31-37(34,35)20-7-2-1-3-8-20)25(33)36-14-6-13-27-23-9-4-5-12-26-23/h1-5,7-12,15-16,22,31H,6,13-14,17H2,(H,26,27)(H,28,32)(H,29,30). The molecule has 4 N–H and O–H groups in total. The minimum atomic E-state index is -4.04. The number of esters is 1. The summed E-state index contributed by atoms with van der Waals surface area (Å²) in [6.45, 7) is 0.241. The largest absolute Gasteiger partial charge is 0.464 e. The molecule has 12 heteroatoms. The lowest BCUT2D eigenvalue weighted by Gasteiger charge is -2.18. The van der Waals surface area contributed by atoms with E-state index in [1.807, 2.05) is 12.1 Å². The number of anilines is 1. The van der Waals surface area contributed by atoms with E-state index < -0.39 is 27.9 Å². The van der Waals surface area contributed by atoms with Crippen molar-refractivity contribution in [2.75, 3.05) is 25.0 Å². The quantitative estimate of drug-likeness (QED) is 0.163. The van der Waals surface area contributed by atoms with Gasteiger partial charge in [-0.2, -0.15) is 9.82 Å². The van der Waals surface area contributed by atoms with Gasteiger partial charge in [0.15, 0.2) is 0 Å². The van der Waals surface area contributed by atoms with Gasteiger partial charge in [0, 0.05) is 30.2 Å². The summed E-state index contributed by atoms with van der Waals surface area (Å²) in [5, 5.41) is 13.2. The Balaban J connectivity index is 1.38. The molecule has 4 aromatic rings. The molecule has 0 bridgehead atoms. The number of aromatic amines is 1. The maximum atomic E-state index is 12.9. The van der Waals surface area contributed by atoms with Crippen molar-refractivity contribution < 1.29 is 22.7 Å². The fourth-order valence-corrected chi connectivity index (χ4v) is 4.64. The third kappa shape index (κ3) is 7.12. The van der Waals surface area contributed by atoms with E-state index in [2.05, 4.69) is 30.5 Å². The molecule has 2 aromatic carbocycles. The highest BCUT2D eigenvalue weighted by Crippen LogP contribution is 2.13. The Hall–Kier alpha value is -4.29. The zero-order valence-corrected chi connectivity index (χ0v) is 20.6. The number of sulfonamides is 1. The van der Waals surface area contributed by atoms with Crippen LogP contribution >= 0.6 is 0 Å². The third-order valence-electron chi connectivity index (χ3n) is 5.34. The summed E-state index contributed by atoms with van der Waals surface area (Å²) in [6, 6.07) is 16.7. The van der Waals surface area contributed by atoms with Gasteiger partial charge >= 0.3 is 5.97 Å². The van der Waals surface area contributed by atoms with Crippen molar-refractivity contribution in [3.8, 4) is 0 Å². The number of carbonyl (C=O) groups is 2. The van der Waals surface area contributed by atoms with E-state index >= 15 is 0 Å². The molecule has 11 nitrogen and oxygen atoms in total. The number of carbonyl (C=O) groups excluding carboxylic acids is 2. The van der Waals surface area contributed by atoms with E-state index in [1.54, 1.807) is 54.9 Å². The van der Waals surface area contributed by atoms with Crippen molar-refractivity contribution in [3.05, 3.63) is 84.7 Å². The highest BCUT2D eigenvalue weighted by atomic mass is 32.2. The van der Waals surface area contributed by atoms with E-state index in [9.17, 15) is 18.0 Å². The van der Waals surface area contributed by atoms with Gasteiger partial charge in [-0.1, -0.05) is 24.3 Å². The number of rotatable bonds is 12. The molecular formula is C25H26N6O5S. The van der Waals surface area contributed by atoms with E-state index in [0.29, 0.717) is 24.3 Å². The van der Waals surface area contributed by atoms with Crippen LogP contribution in [0, 0.1) is 0 Å². The van der Waals surface area contributed by atoms with Gasteiger partial charge in [-0.3, -0.25) is 14.7 Å². The summed E-state index contributed by atoms with van der Waals surface area (Å²) in [5.74, 6) is -0.582. The highest BCUT2D eigenvalue weighted by molar-refractivity contribution is 7.89. The Morgan fingerprint density at radius 2 is 1.84 bits per heavy atom. The molecule has 192 valence electrons. The van der Waals surface area contributed by atoms with Gasteiger partial charge < -0.3 is 15.4 Å².